The highest BCUT2D eigenvalue weighted by Crippen LogP contribution is 2.31. The number of nitrogens with zero attached hydrogens (tertiary/aromatic N) is 1. The summed E-state index contributed by atoms with van der Waals surface area (Å²) in [6.07, 6.45) is 1.40. The summed E-state index contributed by atoms with van der Waals surface area (Å²) in [6, 6.07) is 12.4. The summed E-state index contributed by atoms with van der Waals surface area (Å²) in [5, 5.41) is 1.43. The highest BCUT2D eigenvalue weighted by atomic mass is 35.5. The van der Waals surface area contributed by atoms with Crippen LogP contribution in [-0.2, 0) is 16.0 Å². The van der Waals surface area contributed by atoms with Crippen molar-refractivity contribution in [2.24, 2.45) is 0 Å². The summed E-state index contributed by atoms with van der Waals surface area (Å²) < 4.78 is 12.4. The summed E-state index contributed by atoms with van der Waals surface area (Å²) in [7, 11) is 1.60. The average Bonchev–Trinajstić information content (AvgIpc) is 3.02. The van der Waals surface area contributed by atoms with E-state index in [9.17, 15) is 9.59 Å². The predicted octanol–water partition coefficient (Wildman–Crippen LogP) is 5.23. The molecule has 0 atom stereocenters. The van der Waals surface area contributed by atoms with E-state index in [-0.39, 0.29) is 18.1 Å². The van der Waals surface area contributed by atoms with E-state index < -0.39 is 0 Å². The Morgan fingerprint density at radius 1 is 1.10 bits per heavy atom. The van der Waals surface area contributed by atoms with Gasteiger partial charge in [0.05, 0.1) is 12.6 Å². The van der Waals surface area contributed by atoms with Crippen molar-refractivity contribution in [1.82, 2.24) is 4.57 Å². The molecule has 0 bridgehead atoms. The molecule has 0 radical (unpaired) electrons. The second-order valence-electron chi connectivity index (χ2n) is 7.11. The Balaban J connectivity index is 1.99. The highest BCUT2D eigenvalue weighted by molar-refractivity contribution is 6.30. The van der Waals surface area contributed by atoms with Crippen molar-refractivity contribution in [2.75, 3.05) is 20.3 Å². The Hall–Kier alpha value is -2.63. The Bertz CT molecular complexity index is 1050. The maximum atomic E-state index is 13.3. The van der Waals surface area contributed by atoms with Gasteiger partial charge in [0.1, 0.15) is 11.5 Å². The smallest absolute Gasteiger partial charge is 0.262 e. The van der Waals surface area contributed by atoms with Gasteiger partial charge in [-0.3, -0.25) is 14.2 Å². The van der Waals surface area contributed by atoms with E-state index in [0.29, 0.717) is 42.4 Å². The second-order valence-corrected chi connectivity index (χ2v) is 7.55. The lowest BCUT2D eigenvalue weighted by molar-refractivity contribution is -0.118. The summed E-state index contributed by atoms with van der Waals surface area (Å²) in [5.74, 6) is 0.650. The minimum atomic E-state index is -0.158. The van der Waals surface area contributed by atoms with Crippen molar-refractivity contribution >= 4 is 34.2 Å². The molecule has 3 rings (SSSR count). The first-order valence-corrected chi connectivity index (χ1v) is 10.4. The summed E-state index contributed by atoms with van der Waals surface area (Å²) in [4.78, 5) is 25.9. The molecule has 0 aliphatic heterocycles. The average molecular weight is 428 g/mol. The first-order valence-electron chi connectivity index (χ1n) is 10.0. The normalized spacial score (nSPS) is 11.1. The molecule has 30 heavy (non-hydrogen) atoms. The van der Waals surface area contributed by atoms with Crippen LogP contribution in [0.1, 0.15) is 41.4 Å². The van der Waals surface area contributed by atoms with Gasteiger partial charge in [-0.2, -0.15) is 0 Å². The van der Waals surface area contributed by atoms with Crippen LogP contribution < -0.4 is 4.74 Å². The number of carbonyl (C=O) groups excluding carboxylic acids is 2. The molecule has 0 unspecified atom stereocenters. The molecule has 158 valence electrons. The Morgan fingerprint density at radius 3 is 2.50 bits per heavy atom. The van der Waals surface area contributed by atoms with Gasteiger partial charge < -0.3 is 9.47 Å². The van der Waals surface area contributed by atoms with Crippen LogP contribution in [0.5, 0.6) is 5.75 Å². The van der Waals surface area contributed by atoms with Gasteiger partial charge in [0, 0.05) is 47.7 Å². The third-order valence-electron chi connectivity index (χ3n) is 5.16. The molecule has 1 heterocycles. The number of aromatic nitrogens is 1. The number of fused-ring (bicyclic) bond motifs is 1. The fourth-order valence-corrected chi connectivity index (χ4v) is 3.72. The molecular formula is C24H26ClNO4. The van der Waals surface area contributed by atoms with Crippen LogP contribution in [0.15, 0.2) is 42.5 Å². The second kappa shape index (κ2) is 9.92. The Kier molecular flexibility index (Phi) is 7.29. The van der Waals surface area contributed by atoms with Gasteiger partial charge in [-0.25, -0.2) is 0 Å². The van der Waals surface area contributed by atoms with Gasteiger partial charge >= 0.3 is 0 Å². The minimum absolute atomic E-state index is 0.124. The van der Waals surface area contributed by atoms with Gasteiger partial charge in [0.2, 0.25) is 0 Å². The van der Waals surface area contributed by atoms with E-state index in [4.69, 9.17) is 21.1 Å². The van der Waals surface area contributed by atoms with Gasteiger partial charge in [0.25, 0.3) is 5.91 Å². The van der Waals surface area contributed by atoms with E-state index >= 15 is 0 Å². The number of hydrogen-bond acceptors (Lipinski definition) is 4. The third-order valence-corrected chi connectivity index (χ3v) is 5.41. The Morgan fingerprint density at radius 2 is 1.83 bits per heavy atom. The van der Waals surface area contributed by atoms with Crippen LogP contribution >= 0.6 is 11.6 Å². The SMILES string of the molecule is CCOCCCC(=O)Cc1c(C)n(C(=O)c2ccc(Cl)cc2)c2ccc(OC)cc12. The standard InChI is InChI=1S/C24H26ClNO4/c1-4-30-13-5-6-19(27)14-21-16(2)26(23-12-11-20(29-3)15-22(21)23)24(28)17-7-9-18(25)10-8-17/h7-12,15H,4-6,13-14H2,1-3H3. The van der Waals surface area contributed by atoms with E-state index in [1.807, 2.05) is 32.0 Å². The molecule has 0 aliphatic carbocycles. The maximum Gasteiger partial charge on any atom is 0.262 e. The lowest BCUT2D eigenvalue weighted by Crippen LogP contribution is -2.14. The van der Waals surface area contributed by atoms with Gasteiger partial charge in [-0.1, -0.05) is 11.6 Å². The molecule has 6 heteroatoms. The first-order chi connectivity index (χ1) is 14.5. The molecule has 0 saturated heterocycles. The van der Waals surface area contributed by atoms with Crippen molar-refractivity contribution in [3.8, 4) is 5.75 Å². The van der Waals surface area contributed by atoms with E-state index in [0.717, 1.165) is 22.2 Å². The maximum absolute atomic E-state index is 13.3. The lowest BCUT2D eigenvalue weighted by Gasteiger charge is -2.08. The van der Waals surface area contributed by atoms with Crippen molar-refractivity contribution in [3.05, 3.63) is 64.3 Å². The number of Topliss-reactive ketones (excluding diaryl/α,β-unsaturated/α-hetero) is 1. The molecule has 0 N–H and O–H groups in total. The van der Waals surface area contributed by atoms with Crippen molar-refractivity contribution in [3.63, 3.8) is 0 Å². The van der Waals surface area contributed by atoms with Gasteiger partial charge in [-0.05, 0) is 68.3 Å². The fourth-order valence-electron chi connectivity index (χ4n) is 3.60. The van der Waals surface area contributed by atoms with E-state index in [1.54, 1.807) is 35.9 Å². The van der Waals surface area contributed by atoms with E-state index in [1.165, 1.54) is 0 Å². The monoisotopic (exact) mass is 427 g/mol. The van der Waals surface area contributed by atoms with Crippen LogP contribution in [-0.4, -0.2) is 36.6 Å². The molecule has 0 spiro atoms. The number of benzene rings is 2. The highest BCUT2D eigenvalue weighted by Gasteiger charge is 2.22. The van der Waals surface area contributed by atoms with Crippen LogP contribution in [0, 0.1) is 6.92 Å². The molecule has 0 fully saturated rings. The van der Waals surface area contributed by atoms with Gasteiger partial charge in [-0.15, -0.1) is 0 Å². The van der Waals surface area contributed by atoms with Gasteiger partial charge in [0.15, 0.2) is 0 Å². The fraction of sp³-hybridized carbons (Fsp3) is 0.333. The molecule has 0 saturated carbocycles. The predicted molar refractivity (Wildman–Crippen MR) is 119 cm³/mol. The van der Waals surface area contributed by atoms with Crippen molar-refractivity contribution in [1.29, 1.82) is 0 Å². The molecule has 0 amide bonds. The van der Waals surface area contributed by atoms with Crippen molar-refractivity contribution < 1.29 is 19.1 Å². The largest absolute Gasteiger partial charge is 0.497 e. The molecule has 0 aliphatic rings. The summed E-state index contributed by atoms with van der Waals surface area (Å²) in [6.45, 7) is 5.04. The molecular weight excluding hydrogens is 402 g/mol. The van der Waals surface area contributed by atoms with Crippen LogP contribution in [0.4, 0.5) is 0 Å². The zero-order valence-electron chi connectivity index (χ0n) is 17.5. The lowest BCUT2D eigenvalue weighted by atomic mass is 10.0. The number of methoxy groups -OCH3 is 1. The quantitative estimate of drug-likeness (QED) is 0.439. The zero-order chi connectivity index (χ0) is 21.7. The number of rotatable bonds is 9. The van der Waals surface area contributed by atoms with Crippen LogP contribution in [0.25, 0.3) is 10.9 Å². The number of hydrogen-bond donors (Lipinski definition) is 0. The molecule has 1 aromatic heterocycles. The van der Waals surface area contributed by atoms with Crippen LogP contribution in [0.3, 0.4) is 0 Å². The summed E-state index contributed by atoms with van der Waals surface area (Å²) >= 11 is 5.97. The molecule has 2 aromatic carbocycles. The number of ether oxygens (including phenoxy) is 2. The van der Waals surface area contributed by atoms with Crippen molar-refractivity contribution in [2.45, 2.75) is 33.1 Å². The number of ketones is 1. The van der Waals surface area contributed by atoms with Crippen LogP contribution in [0.2, 0.25) is 5.02 Å². The number of halogens is 1. The zero-order valence-corrected chi connectivity index (χ0v) is 18.3. The Labute approximate surface area is 181 Å². The van der Waals surface area contributed by atoms with E-state index in [2.05, 4.69) is 0 Å². The molecule has 3 aromatic rings. The number of carbonyl (C=O) groups is 2. The first kappa shape index (κ1) is 22.1. The topological polar surface area (TPSA) is 57.5 Å². The summed E-state index contributed by atoms with van der Waals surface area (Å²) in [5.41, 5.74) is 2.90. The third kappa shape index (κ3) is 4.74. The minimum Gasteiger partial charge on any atom is -0.497 e. The molecule has 5 nitrogen and oxygen atoms in total.